The van der Waals surface area contributed by atoms with Crippen LogP contribution in [0.15, 0.2) is 36.4 Å². The number of nitrogens with two attached hydrogens (primary N) is 1. The van der Waals surface area contributed by atoms with Crippen LogP contribution in [0, 0.1) is 25.5 Å². The van der Waals surface area contributed by atoms with Gasteiger partial charge >= 0.3 is 0 Å². The van der Waals surface area contributed by atoms with Crippen LogP contribution in [0.3, 0.4) is 0 Å². The van der Waals surface area contributed by atoms with E-state index in [1.165, 1.54) is 6.07 Å². The van der Waals surface area contributed by atoms with E-state index in [0.29, 0.717) is 5.56 Å². The second kappa shape index (κ2) is 6.01. The zero-order chi connectivity index (χ0) is 14.7. The molecule has 0 aliphatic heterocycles. The van der Waals surface area contributed by atoms with Crippen molar-refractivity contribution in [2.45, 2.75) is 19.9 Å². The second-order valence-corrected chi connectivity index (χ2v) is 4.81. The van der Waals surface area contributed by atoms with Crippen LogP contribution in [0.1, 0.15) is 22.7 Å². The van der Waals surface area contributed by atoms with Gasteiger partial charge in [0.1, 0.15) is 12.4 Å². The fourth-order valence-corrected chi connectivity index (χ4v) is 2.04. The number of halogens is 2. The molecule has 20 heavy (non-hydrogen) atoms. The molecule has 2 nitrogen and oxygen atoms in total. The molecular weight excluding hydrogens is 260 g/mol. The number of ether oxygens (including phenoxy) is 1. The zero-order valence-corrected chi connectivity index (χ0v) is 11.5. The molecule has 0 heterocycles. The highest BCUT2D eigenvalue weighted by atomic mass is 19.2. The maximum absolute atomic E-state index is 13.2. The summed E-state index contributed by atoms with van der Waals surface area (Å²) in [6.45, 7) is 4.10. The van der Waals surface area contributed by atoms with E-state index in [2.05, 4.69) is 0 Å². The summed E-state index contributed by atoms with van der Waals surface area (Å²) >= 11 is 0. The number of benzene rings is 2. The summed E-state index contributed by atoms with van der Waals surface area (Å²) in [4.78, 5) is 0. The van der Waals surface area contributed by atoms with Crippen LogP contribution in [-0.2, 0) is 0 Å². The third-order valence-corrected chi connectivity index (χ3v) is 3.19. The standard InChI is InChI=1S/C16H17F2NO/c1-10-4-3-5-11(2)16(10)20-9-15(19)12-6-7-13(17)14(18)8-12/h3-8,15H,9,19H2,1-2H3. The van der Waals surface area contributed by atoms with Crippen molar-refractivity contribution in [3.8, 4) is 5.75 Å². The Labute approximate surface area is 117 Å². The van der Waals surface area contributed by atoms with Crippen LogP contribution in [0.2, 0.25) is 0 Å². The van der Waals surface area contributed by atoms with Crippen LogP contribution >= 0.6 is 0 Å². The molecule has 0 amide bonds. The average Bonchev–Trinajstić information content (AvgIpc) is 2.41. The molecule has 2 rings (SSSR count). The highest BCUT2D eigenvalue weighted by Gasteiger charge is 2.12. The molecule has 0 aliphatic rings. The fourth-order valence-electron chi connectivity index (χ4n) is 2.04. The highest BCUT2D eigenvalue weighted by molar-refractivity contribution is 5.39. The molecule has 106 valence electrons. The van der Waals surface area contributed by atoms with Crippen LogP contribution < -0.4 is 10.5 Å². The Morgan fingerprint density at radius 3 is 2.30 bits per heavy atom. The predicted octanol–water partition coefficient (Wildman–Crippen LogP) is 3.66. The van der Waals surface area contributed by atoms with Crippen molar-refractivity contribution in [1.82, 2.24) is 0 Å². The Morgan fingerprint density at radius 2 is 1.70 bits per heavy atom. The third kappa shape index (κ3) is 3.14. The molecule has 0 saturated heterocycles. The average molecular weight is 277 g/mol. The van der Waals surface area contributed by atoms with E-state index in [0.717, 1.165) is 29.0 Å². The van der Waals surface area contributed by atoms with Gasteiger partial charge < -0.3 is 10.5 Å². The topological polar surface area (TPSA) is 35.2 Å². The van der Waals surface area contributed by atoms with Gasteiger partial charge in [-0.25, -0.2) is 8.78 Å². The largest absolute Gasteiger partial charge is 0.491 e. The van der Waals surface area contributed by atoms with E-state index >= 15 is 0 Å². The molecule has 4 heteroatoms. The third-order valence-electron chi connectivity index (χ3n) is 3.19. The summed E-state index contributed by atoms with van der Waals surface area (Å²) in [6, 6.07) is 8.99. The summed E-state index contributed by atoms with van der Waals surface area (Å²) in [5.41, 5.74) is 8.49. The van der Waals surface area contributed by atoms with E-state index < -0.39 is 17.7 Å². The van der Waals surface area contributed by atoms with Crippen LogP contribution in [-0.4, -0.2) is 6.61 Å². The summed E-state index contributed by atoms with van der Waals surface area (Å²) in [5.74, 6) is -0.993. The molecule has 1 unspecified atom stereocenters. The maximum atomic E-state index is 13.2. The molecule has 1 atom stereocenters. The molecule has 0 aromatic heterocycles. The zero-order valence-electron chi connectivity index (χ0n) is 11.5. The summed E-state index contributed by atoms with van der Waals surface area (Å²) < 4.78 is 31.7. The van der Waals surface area contributed by atoms with Crippen LogP contribution in [0.25, 0.3) is 0 Å². The Bertz CT molecular complexity index is 593. The van der Waals surface area contributed by atoms with Crippen LogP contribution in [0.5, 0.6) is 5.75 Å². The van der Waals surface area contributed by atoms with E-state index in [-0.39, 0.29) is 6.61 Å². The molecule has 2 aromatic carbocycles. The summed E-state index contributed by atoms with van der Waals surface area (Å²) in [7, 11) is 0. The van der Waals surface area contributed by atoms with Gasteiger partial charge in [-0.1, -0.05) is 24.3 Å². The van der Waals surface area contributed by atoms with Gasteiger partial charge in [0.15, 0.2) is 11.6 Å². The quantitative estimate of drug-likeness (QED) is 0.925. The van der Waals surface area contributed by atoms with Gasteiger partial charge in [0.25, 0.3) is 0 Å². The number of para-hydroxylation sites is 1. The van der Waals surface area contributed by atoms with Gasteiger partial charge in [-0.05, 0) is 42.7 Å². The minimum atomic E-state index is -0.898. The van der Waals surface area contributed by atoms with E-state index in [1.807, 2.05) is 32.0 Å². The number of hydrogen-bond donors (Lipinski definition) is 1. The minimum absolute atomic E-state index is 0.205. The minimum Gasteiger partial charge on any atom is -0.491 e. The van der Waals surface area contributed by atoms with Crippen molar-refractivity contribution in [3.05, 3.63) is 64.7 Å². The molecule has 2 N–H and O–H groups in total. The predicted molar refractivity (Wildman–Crippen MR) is 74.7 cm³/mol. The SMILES string of the molecule is Cc1cccc(C)c1OCC(N)c1ccc(F)c(F)c1. The molecule has 0 bridgehead atoms. The first kappa shape index (κ1) is 14.5. The van der Waals surface area contributed by atoms with E-state index in [4.69, 9.17) is 10.5 Å². The second-order valence-electron chi connectivity index (χ2n) is 4.81. The molecule has 0 fully saturated rings. The summed E-state index contributed by atoms with van der Waals surface area (Å²) in [6.07, 6.45) is 0. The molecule has 0 saturated carbocycles. The highest BCUT2D eigenvalue weighted by Crippen LogP contribution is 2.24. The number of hydrogen-bond acceptors (Lipinski definition) is 2. The van der Waals surface area contributed by atoms with Crippen molar-refractivity contribution in [3.63, 3.8) is 0 Å². The molecule has 0 aliphatic carbocycles. The fraction of sp³-hybridized carbons (Fsp3) is 0.250. The number of aryl methyl sites for hydroxylation is 2. The molecule has 0 spiro atoms. The van der Waals surface area contributed by atoms with Gasteiger partial charge in [-0.15, -0.1) is 0 Å². The van der Waals surface area contributed by atoms with Gasteiger partial charge in [-0.2, -0.15) is 0 Å². The maximum Gasteiger partial charge on any atom is 0.159 e. The van der Waals surface area contributed by atoms with Crippen molar-refractivity contribution >= 4 is 0 Å². The Balaban J connectivity index is 2.08. The van der Waals surface area contributed by atoms with Gasteiger partial charge in [-0.3, -0.25) is 0 Å². The van der Waals surface area contributed by atoms with Crippen molar-refractivity contribution in [2.75, 3.05) is 6.61 Å². The van der Waals surface area contributed by atoms with Gasteiger partial charge in [0, 0.05) is 0 Å². The van der Waals surface area contributed by atoms with Crippen molar-refractivity contribution in [2.24, 2.45) is 5.73 Å². The van der Waals surface area contributed by atoms with E-state index in [1.54, 1.807) is 0 Å². The first-order valence-corrected chi connectivity index (χ1v) is 6.38. The lowest BCUT2D eigenvalue weighted by atomic mass is 10.1. The van der Waals surface area contributed by atoms with E-state index in [9.17, 15) is 8.78 Å². The smallest absolute Gasteiger partial charge is 0.159 e. The monoisotopic (exact) mass is 277 g/mol. The Morgan fingerprint density at radius 1 is 1.05 bits per heavy atom. The molecule has 2 aromatic rings. The molecular formula is C16H17F2NO. The first-order chi connectivity index (χ1) is 9.49. The molecule has 0 radical (unpaired) electrons. The lowest BCUT2D eigenvalue weighted by Gasteiger charge is -2.16. The number of rotatable bonds is 4. The summed E-state index contributed by atoms with van der Waals surface area (Å²) in [5, 5.41) is 0. The van der Waals surface area contributed by atoms with Gasteiger partial charge in [0.05, 0.1) is 6.04 Å². The lowest BCUT2D eigenvalue weighted by molar-refractivity contribution is 0.286. The van der Waals surface area contributed by atoms with Crippen LogP contribution in [0.4, 0.5) is 8.78 Å². The Kier molecular flexibility index (Phi) is 4.35. The first-order valence-electron chi connectivity index (χ1n) is 6.38. The van der Waals surface area contributed by atoms with Gasteiger partial charge in [0.2, 0.25) is 0 Å². The Hall–Kier alpha value is -1.94. The lowest BCUT2D eigenvalue weighted by Crippen LogP contribution is -2.19. The normalized spacial score (nSPS) is 12.2. The van der Waals surface area contributed by atoms with Crippen molar-refractivity contribution < 1.29 is 13.5 Å². The van der Waals surface area contributed by atoms with Crippen molar-refractivity contribution in [1.29, 1.82) is 0 Å².